The van der Waals surface area contributed by atoms with Gasteiger partial charge in [-0.25, -0.2) is 0 Å². The first-order valence-electron chi connectivity index (χ1n) is 16.7. The minimum Gasteiger partial charge on any atom is -0.494 e. The summed E-state index contributed by atoms with van der Waals surface area (Å²) in [4.78, 5) is 35.6. The van der Waals surface area contributed by atoms with E-state index in [1.807, 2.05) is 48.5 Å². The SMILES string of the molecule is CN1CCN(C(=O)c2cccc(OCCCN3CCCC3)c2)CCOc2ccc(N3CCOCC3)cc2Cc2cccc(c2)C1=O. The van der Waals surface area contributed by atoms with E-state index in [0.29, 0.717) is 69.4 Å². The van der Waals surface area contributed by atoms with Crippen LogP contribution in [-0.2, 0) is 11.2 Å². The molecule has 2 fully saturated rings. The van der Waals surface area contributed by atoms with Crippen LogP contribution in [0.4, 0.5) is 5.69 Å². The van der Waals surface area contributed by atoms with Crippen molar-refractivity contribution in [1.82, 2.24) is 14.7 Å². The molecule has 46 heavy (non-hydrogen) atoms. The normalized spacial score (nSPS) is 18.1. The van der Waals surface area contributed by atoms with Gasteiger partial charge >= 0.3 is 0 Å². The van der Waals surface area contributed by atoms with Crippen LogP contribution in [0.5, 0.6) is 11.5 Å². The van der Waals surface area contributed by atoms with Gasteiger partial charge in [0.1, 0.15) is 18.1 Å². The van der Waals surface area contributed by atoms with Crippen LogP contribution in [0.25, 0.3) is 0 Å². The third kappa shape index (κ3) is 8.19. The van der Waals surface area contributed by atoms with Crippen LogP contribution in [0, 0.1) is 0 Å². The molecule has 0 spiro atoms. The molecule has 3 aromatic carbocycles. The molecule has 2 saturated heterocycles. The van der Waals surface area contributed by atoms with Crippen LogP contribution in [0.3, 0.4) is 0 Å². The Kier molecular flexibility index (Phi) is 10.7. The van der Waals surface area contributed by atoms with E-state index in [1.165, 1.54) is 25.9 Å². The highest BCUT2D eigenvalue weighted by Crippen LogP contribution is 2.29. The van der Waals surface area contributed by atoms with Crippen molar-refractivity contribution >= 4 is 17.5 Å². The van der Waals surface area contributed by atoms with Gasteiger partial charge in [-0.15, -0.1) is 0 Å². The first-order chi connectivity index (χ1) is 22.5. The lowest BCUT2D eigenvalue weighted by Crippen LogP contribution is -2.41. The number of fused-ring (bicyclic) bond motifs is 3. The zero-order valence-electron chi connectivity index (χ0n) is 27.0. The van der Waals surface area contributed by atoms with Crippen molar-refractivity contribution in [3.8, 4) is 11.5 Å². The van der Waals surface area contributed by atoms with Gasteiger partial charge in [0.05, 0.1) is 26.4 Å². The molecular weight excluding hydrogens is 580 g/mol. The summed E-state index contributed by atoms with van der Waals surface area (Å²) >= 11 is 0. The quantitative estimate of drug-likeness (QED) is 0.356. The van der Waals surface area contributed by atoms with Crippen LogP contribution in [0.15, 0.2) is 66.7 Å². The molecular formula is C37H46N4O5. The Morgan fingerprint density at radius 2 is 1.67 bits per heavy atom. The van der Waals surface area contributed by atoms with Gasteiger partial charge in [0.25, 0.3) is 11.8 Å². The van der Waals surface area contributed by atoms with Crippen molar-refractivity contribution in [2.45, 2.75) is 25.7 Å². The molecule has 2 bridgehead atoms. The highest BCUT2D eigenvalue weighted by molar-refractivity contribution is 5.95. The maximum absolute atomic E-state index is 13.9. The molecule has 9 heteroatoms. The monoisotopic (exact) mass is 626 g/mol. The fourth-order valence-corrected chi connectivity index (χ4v) is 6.46. The molecule has 0 atom stereocenters. The average molecular weight is 627 g/mol. The molecule has 244 valence electrons. The minimum absolute atomic E-state index is 0.0609. The average Bonchev–Trinajstić information content (AvgIpc) is 3.62. The van der Waals surface area contributed by atoms with Crippen LogP contribution >= 0.6 is 0 Å². The van der Waals surface area contributed by atoms with E-state index < -0.39 is 0 Å². The predicted molar refractivity (Wildman–Crippen MR) is 179 cm³/mol. The molecule has 9 nitrogen and oxygen atoms in total. The smallest absolute Gasteiger partial charge is 0.254 e. The summed E-state index contributed by atoms with van der Waals surface area (Å²) in [6.45, 7) is 8.64. The lowest BCUT2D eigenvalue weighted by Gasteiger charge is -2.30. The Hall–Kier alpha value is -4.08. The molecule has 0 aliphatic carbocycles. The zero-order chi connectivity index (χ0) is 31.7. The molecule has 3 heterocycles. The number of hydrogen-bond acceptors (Lipinski definition) is 7. The Bertz CT molecular complexity index is 1480. The summed E-state index contributed by atoms with van der Waals surface area (Å²) in [7, 11) is 1.79. The second-order valence-electron chi connectivity index (χ2n) is 12.4. The van der Waals surface area contributed by atoms with Crippen molar-refractivity contribution in [1.29, 1.82) is 0 Å². The number of likely N-dealkylation sites (N-methyl/N-ethyl adjacent to an activating group) is 1. The third-order valence-corrected chi connectivity index (χ3v) is 9.11. The number of anilines is 1. The Morgan fingerprint density at radius 1 is 0.848 bits per heavy atom. The van der Waals surface area contributed by atoms with Crippen molar-refractivity contribution in [3.05, 3.63) is 89.0 Å². The highest BCUT2D eigenvalue weighted by Gasteiger charge is 2.21. The van der Waals surface area contributed by atoms with Crippen molar-refractivity contribution < 1.29 is 23.8 Å². The van der Waals surface area contributed by atoms with Crippen LogP contribution in [-0.4, -0.2) is 112 Å². The molecule has 3 aliphatic rings. The summed E-state index contributed by atoms with van der Waals surface area (Å²) in [5.41, 5.74) is 4.43. The molecule has 0 aromatic heterocycles. The predicted octanol–water partition coefficient (Wildman–Crippen LogP) is 4.59. The molecule has 3 aliphatic heterocycles. The van der Waals surface area contributed by atoms with E-state index in [1.54, 1.807) is 16.8 Å². The molecule has 0 N–H and O–H groups in total. The van der Waals surface area contributed by atoms with E-state index in [4.69, 9.17) is 14.2 Å². The minimum atomic E-state index is -0.107. The van der Waals surface area contributed by atoms with Gasteiger partial charge in [-0.3, -0.25) is 9.59 Å². The topological polar surface area (TPSA) is 74.8 Å². The van der Waals surface area contributed by atoms with E-state index in [2.05, 4.69) is 28.0 Å². The Labute approximate surface area is 272 Å². The number of morpholine rings is 1. The fourth-order valence-electron chi connectivity index (χ4n) is 6.46. The number of nitrogens with zero attached hydrogens (tertiary/aromatic N) is 4. The molecule has 0 radical (unpaired) electrons. The second kappa shape index (κ2) is 15.5. The standard InChI is InChI=1S/C37H46N4O5/c1-38-16-17-41(37(43)31-9-5-10-34(28-31)45-21-6-15-39-13-2-3-14-39)20-24-46-35-12-11-33(40-18-22-44-23-19-40)27-32(35)26-29-7-4-8-30(25-29)36(38)42/h4-5,7-12,25,27-28H,2-3,6,13-24,26H2,1H3. The van der Waals surface area contributed by atoms with E-state index in [0.717, 1.165) is 48.6 Å². The first-order valence-corrected chi connectivity index (χ1v) is 16.7. The first kappa shape index (κ1) is 31.9. The summed E-state index contributed by atoms with van der Waals surface area (Å²) in [6, 6.07) is 21.6. The lowest BCUT2D eigenvalue weighted by atomic mass is 10.0. The Balaban J connectivity index is 1.19. The van der Waals surface area contributed by atoms with Crippen LogP contribution < -0.4 is 14.4 Å². The molecule has 2 amide bonds. The lowest BCUT2D eigenvalue weighted by molar-refractivity contribution is 0.0668. The van der Waals surface area contributed by atoms with Gasteiger partial charge < -0.3 is 33.8 Å². The van der Waals surface area contributed by atoms with Crippen molar-refractivity contribution in [3.63, 3.8) is 0 Å². The van der Waals surface area contributed by atoms with Gasteiger partial charge in [0.15, 0.2) is 0 Å². The zero-order valence-corrected chi connectivity index (χ0v) is 27.0. The summed E-state index contributed by atoms with van der Waals surface area (Å²) in [5, 5.41) is 0. The molecule has 6 rings (SSSR count). The number of carbonyl (C=O) groups is 2. The highest BCUT2D eigenvalue weighted by atomic mass is 16.5. The third-order valence-electron chi connectivity index (χ3n) is 9.11. The van der Waals surface area contributed by atoms with Gasteiger partial charge in [-0.1, -0.05) is 18.2 Å². The second-order valence-corrected chi connectivity index (χ2v) is 12.4. The van der Waals surface area contributed by atoms with Crippen LogP contribution in [0.1, 0.15) is 51.1 Å². The van der Waals surface area contributed by atoms with Crippen molar-refractivity contribution in [2.75, 3.05) is 90.7 Å². The van der Waals surface area contributed by atoms with Crippen LogP contribution in [0.2, 0.25) is 0 Å². The van der Waals surface area contributed by atoms with E-state index in [9.17, 15) is 9.59 Å². The van der Waals surface area contributed by atoms with Gasteiger partial charge in [0, 0.05) is 68.6 Å². The number of rotatable bonds is 7. The van der Waals surface area contributed by atoms with Crippen molar-refractivity contribution in [2.24, 2.45) is 0 Å². The number of amides is 2. The number of ether oxygens (including phenoxy) is 3. The number of carbonyl (C=O) groups excluding carboxylic acids is 2. The fraction of sp³-hybridized carbons (Fsp3) is 0.459. The maximum Gasteiger partial charge on any atom is 0.254 e. The number of likely N-dealkylation sites (tertiary alicyclic amines) is 1. The molecule has 3 aromatic rings. The molecule has 0 unspecified atom stereocenters. The largest absolute Gasteiger partial charge is 0.494 e. The number of hydrogen-bond donors (Lipinski definition) is 0. The van der Waals surface area contributed by atoms with E-state index in [-0.39, 0.29) is 11.8 Å². The Morgan fingerprint density at radius 3 is 2.52 bits per heavy atom. The molecule has 0 saturated carbocycles. The van der Waals surface area contributed by atoms with E-state index >= 15 is 0 Å². The van der Waals surface area contributed by atoms with Gasteiger partial charge in [-0.05, 0) is 86.4 Å². The summed E-state index contributed by atoms with van der Waals surface area (Å²) in [6.07, 6.45) is 4.16. The summed E-state index contributed by atoms with van der Waals surface area (Å²) in [5.74, 6) is 1.32. The maximum atomic E-state index is 13.9. The van der Waals surface area contributed by atoms with Gasteiger partial charge in [-0.2, -0.15) is 0 Å². The number of benzene rings is 3. The van der Waals surface area contributed by atoms with Gasteiger partial charge in [0.2, 0.25) is 0 Å². The summed E-state index contributed by atoms with van der Waals surface area (Å²) < 4.78 is 18.0.